The summed E-state index contributed by atoms with van der Waals surface area (Å²) in [5, 5.41) is 3.42. The maximum absolute atomic E-state index is 6.44. The summed E-state index contributed by atoms with van der Waals surface area (Å²) in [6.45, 7) is 10.7. The van der Waals surface area contributed by atoms with Crippen molar-refractivity contribution in [3.8, 4) is 5.75 Å². The number of nitrogens with one attached hydrogen (secondary N) is 1. The fraction of sp³-hybridized carbons (Fsp3) is 0.647. The lowest BCUT2D eigenvalue weighted by atomic mass is 9.77. The van der Waals surface area contributed by atoms with E-state index < -0.39 is 0 Å². The second kappa shape index (κ2) is 5.96. The van der Waals surface area contributed by atoms with Crippen LogP contribution < -0.4 is 10.1 Å². The van der Waals surface area contributed by atoms with E-state index in [1.54, 1.807) is 0 Å². The molecule has 1 aliphatic carbocycles. The van der Waals surface area contributed by atoms with Gasteiger partial charge in [-0.15, -0.1) is 0 Å². The SMILES string of the molecule is CCNCCC1(Oc2cc(C)cc(C)c2C)CCC1. The van der Waals surface area contributed by atoms with Gasteiger partial charge in [0.1, 0.15) is 11.4 Å². The summed E-state index contributed by atoms with van der Waals surface area (Å²) in [7, 11) is 0. The second-order valence-electron chi connectivity index (χ2n) is 5.95. The van der Waals surface area contributed by atoms with Gasteiger partial charge in [0.2, 0.25) is 0 Å². The Hall–Kier alpha value is -1.02. The van der Waals surface area contributed by atoms with Crippen LogP contribution in [0.3, 0.4) is 0 Å². The second-order valence-corrected chi connectivity index (χ2v) is 5.95. The van der Waals surface area contributed by atoms with Crippen LogP contribution in [-0.2, 0) is 0 Å². The molecule has 0 unspecified atom stereocenters. The van der Waals surface area contributed by atoms with Crippen LogP contribution in [-0.4, -0.2) is 18.7 Å². The molecule has 0 bridgehead atoms. The van der Waals surface area contributed by atoms with Crippen LogP contribution in [0.2, 0.25) is 0 Å². The number of hydrogen-bond donors (Lipinski definition) is 1. The van der Waals surface area contributed by atoms with Gasteiger partial charge in [0.05, 0.1) is 0 Å². The zero-order valence-electron chi connectivity index (χ0n) is 12.8. The number of hydrogen-bond acceptors (Lipinski definition) is 2. The van der Waals surface area contributed by atoms with Gasteiger partial charge < -0.3 is 10.1 Å². The Labute approximate surface area is 117 Å². The molecule has 1 aromatic carbocycles. The largest absolute Gasteiger partial charge is 0.487 e. The molecule has 1 saturated carbocycles. The monoisotopic (exact) mass is 261 g/mol. The Bertz CT molecular complexity index is 435. The van der Waals surface area contributed by atoms with E-state index in [0.29, 0.717) is 0 Å². The van der Waals surface area contributed by atoms with Crippen molar-refractivity contribution in [2.24, 2.45) is 0 Å². The summed E-state index contributed by atoms with van der Waals surface area (Å²) < 4.78 is 6.44. The van der Waals surface area contributed by atoms with E-state index in [4.69, 9.17) is 4.74 Å². The molecule has 0 aliphatic heterocycles. The molecule has 0 atom stereocenters. The van der Waals surface area contributed by atoms with Crippen molar-refractivity contribution in [2.45, 2.75) is 59.0 Å². The van der Waals surface area contributed by atoms with Crippen molar-refractivity contribution >= 4 is 0 Å². The van der Waals surface area contributed by atoms with Crippen molar-refractivity contribution < 1.29 is 4.74 Å². The predicted octanol–water partition coefficient (Wildman–Crippen LogP) is 3.91. The van der Waals surface area contributed by atoms with Crippen LogP contribution in [0.1, 0.15) is 49.3 Å². The van der Waals surface area contributed by atoms with Crippen LogP contribution in [0.5, 0.6) is 5.75 Å². The zero-order valence-corrected chi connectivity index (χ0v) is 12.8. The summed E-state index contributed by atoms with van der Waals surface area (Å²) >= 11 is 0. The predicted molar refractivity (Wildman–Crippen MR) is 81.0 cm³/mol. The van der Waals surface area contributed by atoms with Crippen LogP contribution in [0.25, 0.3) is 0 Å². The number of benzene rings is 1. The lowest BCUT2D eigenvalue weighted by Crippen LogP contribution is -2.45. The Morgan fingerprint density at radius 3 is 2.53 bits per heavy atom. The first kappa shape index (κ1) is 14.4. The molecule has 1 aliphatic rings. The minimum absolute atomic E-state index is 0.0904. The molecule has 106 valence electrons. The number of ether oxygens (including phenoxy) is 1. The normalized spacial score (nSPS) is 17.1. The summed E-state index contributed by atoms with van der Waals surface area (Å²) in [6.07, 6.45) is 4.82. The van der Waals surface area contributed by atoms with Gasteiger partial charge in [-0.25, -0.2) is 0 Å². The highest BCUT2D eigenvalue weighted by molar-refractivity contribution is 5.42. The van der Waals surface area contributed by atoms with E-state index in [9.17, 15) is 0 Å². The van der Waals surface area contributed by atoms with E-state index >= 15 is 0 Å². The van der Waals surface area contributed by atoms with Gasteiger partial charge in [-0.1, -0.05) is 13.0 Å². The first-order valence-electron chi connectivity index (χ1n) is 7.54. The van der Waals surface area contributed by atoms with E-state index in [0.717, 1.165) is 25.3 Å². The Morgan fingerprint density at radius 1 is 1.21 bits per heavy atom. The van der Waals surface area contributed by atoms with Crippen molar-refractivity contribution in [1.82, 2.24) is 5.32 Å². The van der Waals surface area contributed by atoms with Crippen LogP contribution in [0.4, 0.5) is 0 Å². The molecule has 2 heteroatoms. The highest BCUT2D eigenvalue weighted by Crippen LogP contribution is 2.40. The topological polar surface area (TPSA) is 21.3 Å². The molecule has 2 nitrogen and oxygen atoms in total. The zero-order chi connectivity index (χ0) is 13.9. The van der Waals surface area contributed by atoms with E-state index in [2.05, 4.69) is 45.1 Å². The lowest BCUT2D eigenvalue weighted by molar-refractivity contribution is -0.0147. The molecule has 1 N–H and O–H groups in total. The summed E-state index contributed by atoms with van der Waals surface area (Å²) in [5.74, 6) is 1.09. The maximum atomic E-state index is 6.44. The minimum atomic E-state index is 0.0904. The van der Waals surface area contributed by atoms with Crippen molar-refractivity contribution in [3.63, 3.8) is 0 Å². The van der Waals surface area contributed by atoms with Crippen molar-refractivity contribution in [3.05, 3.63) is 28.8 Å². The van der Waals surface area contributed by atoms with Gasteiger partial charge in [-0.05, 0) is 82.3 Å². The van der Waals surface area contributed by atoms with Crippen LogP contribution in [0, 0.1) is 20.8 Å². The first-order valence-corrected chi connectivity index (χ1v) is 7.54. The average Bonchev–Trinajstić information content (AvgIpc) is 2.32. The molecule has 1 fully saturated rings. The number of rotatable bonds is 6. The standard InChI is InChI=1S/C17H27NO/c1-5-18-10-9-17(7-6-8-17)19-16-12-13(2)11-14(3)15(16)4/h11-12,18H,5-10H2,1-4H3. The summed E-state index contributed by atoms with van der Waals surface area (Å²) in [6, 6.07) is 4.42. The Balaban J connectivity index is 2.10. The fourth-order valence-corrected chi connectivity index (χ4v) is 2.81. The molecule has 0 aromatic heterocycles. The highest BCUT2D eigenvalue weighted by Gasteiger charge is 2.39. The smallest absolute Gasteiger partial charge is 0.123 e. The highest BCUT2D eigenvalue weighted by atomic mass is 16.5. The third-order valence-corrected chi connectivity index (χ3v) is 4.36. The van der Waals surface area contributed by atoms with Gasteiger partial charge >= 0.3 is 0 Å². The van der Waals surface area contributed by atoms with Gasteiger partial charge in [-0.2, -0.15) is 0 Å². The molecular formula is C17H27NO. The molecule has 0 spiro atoms. The summed E-state index contributed by atoms with van der Waals surface area (Å²) in [5.41, 5.74) is 4.00. The quantitative estimate of drug-likeness (QED) is 0.784. The van der Waals surface area contributed by atoms with Crippen LogP contribution in [0.15, 0.2) is 12.1 Å². The van der Waals surface area contributed by atoms with E-state index in [-0.39, 0.29) is 5.60 Å². The van der Waals surface area contributed by atoms with E-state index in [1.807, 2.05) is 0 Å². The van der Waals surface area contributed by atoms with Gasteiger partial charge in [0.25, 0.3) is 0 Å². The molecule has 0 amide bonds. The lowest BCUT2D eigenvalue weighted by Gasteiger charge is -2.42. The molecule has 1 aromatic rings. The first-order chi connectivity index (χ1) is 9.06. The third kappa shape index (κ3) is 3.30. The van der Waals surface area contributed by atoms with E-state index in [1.165, 1.54) is 36.0 Å². The third-order valence-electron chi connectivity index (χ3n) is 4.36. The molecule has 0 radical (unpaired) electrons. The maximum Gasteiger partial charge on any atom is 0.123 e. The molecule has 0 saturated heterocycles. The molecule has 0 heterocycles. The Morgan fingerprint density at radius 2 is 1.95 bits per heavy atom. The molecule has 19 heavy (non-hydrogen) atoms. The number of aryl methyl sites for hydroxylation is 2. The van der Waals surface area contributed by atoms with Gasteiger partial charge in [-0.3, -0.25) is 0 Å². The Kier molecular flexibility index (Phi) is 4.51. The molecule has 2 rings (SSSR count). The van der Waals surface area contributed by atoms with Gasteiger partial charge in [0.15, 0.2) is 0 Å². The summed E-state index contributed by atoms with van der Waals surface area (Å²) in [4.78, 5) is 0. The van der Waals surface area contributed by atoms with Gasteiger partial charge in [0, 0.05) is 0 Å². The average molecular weight is 261 g/mol. The molecular weight excluding hydrogens is 234 g/mol. The van der Waals surface area contributed by atoms with Crippen molar-refractivity contribution in [2.75, 3.05) is 13.1 Å². The van der Waals surface area contributed by atoms with Crippen molar-refractivity contribution in [1.29, 1.82) is 0 Å². The van der Waals surface area contributed by atoms with Crippen LogP contribution >= 0.6 is 0 Å². The minimum Gasteiger partial charge on any atom is -0.487 e. The fourth-order valence-electron chi connectivity index (χ4n) is 2.81.